The van der Waals surface area contributed by atoms with E-state index in [1.807, 2.05) is 6.07 Å². The number of anilines is 2. The maximum atomic E-state index is 6.02. The fourth-order valence-corrected chi connectivity index (χ4v) is 2.25. The number of hydrogen-bond acceptors (Lipinski definition) is 2. The lowest BCUT2D eigenvalue weighted by molar-refractivity contribution is 0.418. The number of nitrogens with zero attached hydrogens (tertiary/aromatic N) is 1. The monoisotopic (exact) mass is 204 g/mol. The van der Waals surface area contributed by atoms with Crippen LogP contribution in [0.3, 0.4) is 0 Å². The summed E-state index contributed by atoms with van der Waals surface area (Å²) in [7, 11) is 0. The normalized spacial score (nSPS) is 19.5. The summed E-state index contributed by atoms with van der Waals surface area (Å²) >= 11 is 0. The molecule has 0 atom stereocenters. The Morgan fingerprint density at radius 2 is 2.07 bits per heavy atom. The molecule has 1 aromatic rings. The summed E-state index contributed by atoms with van der Waals surface area (Å²) in [6.45, 7) is 8.99. The molecule has 0 aromatic heterocycles. The average Bonchev–Trinajstić information content (AvgIpc) is 2.50. The molecule has 2 N–H and O–H groups in total. The van der Waals surface area contributed by atoms with Crippen molar-refractivity contribution in [2.75, 3.05) is 23.7 Å². The van der Waals surface area contributed by atoms with Gasteiger partial charge in [-0.2, -0.15) is 0 Å². The second kappa shape index (κ2) is 3.44. The SMILES string of the molecule is Cc1ccc(N)c(N2CCC(C)(C)C2)c1. The minimum absolute atomic E-state index is 0.427. The first-order valence-corrected chi connectivity index (χ1v) is 5.59. The van der Waals surface area contributed by atoms with Gasteiger partial charge in [-0.1, -0.05) is 19.9 Å². The minimum atomic E-state index is 0.427. The van der Waals surface area contributed by atoms with Crippen molar-refractivity contribution in [3.63, 3.8) is 0 Å². The van der Waals surface area contributed by atoms with Crippen molar-refractivity contribution < 1.29 is 0 Å². The maximum Gasteiger partial charge on any atom is 0.0602 e. The molecule has 2 nitrogen and oxygen atoms in total. The Bertz CT molecular complexity index is 369. The van der Waals surface area contributed by atoms with Crippen molar-refractivity contribution in [3.8, 4) is 0 Å². The van der Waals surface area contributed by atoms with Crippen LogP contribution in [-0.2, 0) is 0 Å². The number of benzene rings is 1. The molecule has 1 fully saturated rings. The molecule has 0 bridgehead atoms. The molecule has 1 saturated heterocycles. The molecule has 1 aliphatic heterocycles. The summed E-state index contributed by atoms with van der Waals surface area (Å²) in [4.78, 5) is 2.41. The second-order valence-corrected chi connectivity index (χ2v) is 5.40. The van der Waals surface area contributed by atoms with Crippen LogP contribution in [0.25, 0.3) is 0 Å². The fourth-order valence-electron chi connectivity index (χ4n) is 2.25. The van der Waals surface area contributed by atoms with E-state index in [0.29, 0.717) is 5.41 Å². The van der Waals surface area contributed by atoms with E-state index in [4.69, 9.17) is 5.73 Å². The molecule has 15 heavy (non-hydrogen) atoms. The van der Waals surface area contributed by atoms with Gasteiger partial charge in [0.05, 0.1) is 11.4 Å². The molecule has 2 heteroatoms. The highest BCUT2D eigenvalue weighted by Crippen LogP contribution is 2.35. The number of nitrogens with two attached hydrogens (primary N) is 1. The number of hydrogen-bond donors (Lipinski definition) is 1. The number of aryl methyl sites for hydroxylation is 1. The zero-order valence-corrected chi connectivity index (χ0v) is 9.88. The second-order valence-electron chi connectivity index (χ2n) is 5.40. The zero-order chi connectivity index (χ0) is 11.1. The van der Waals surface area contributed by atoms with Crippen LogP contribution >= 0.6 is 0 Å². The highest BCUT2D eigenvalue weighted by molar-refractivity contribution is 5.69. The molecule has 1 heterocycles. The molecular formula is C13H20N2. The van der Waals surface area contributed by atoms with Gasteiger partial charge in [-0.15, -0.1) is 0 Å². The van der Waals surface area contributed by atoms with Gasteiger partial charge in [-0.25, -0.2) is 0 Å². The molecule has 1 aromatic carbocycles. The van der Waals surface area contributed by atoms with Gasteiger partial charge in [0.2, 0.25) is 0 Å². The van der Waals surface area contributed by atoms with E-state index in [1.165, 1.54) is 17.7 Å². The van der Waals surface area contributed by atoms with E-state index in [0.717, 1.165) is 18.8 Å². The quantitative estimate of drug-likeness (QED) is 0.713. The number of rotatable bonds is 1. The predicted molar refractivity (Wildman–Crippen MR) is 66.2 cm³/mol. The highest BCUT2D eigenvalue weighted by atomic mass is 15.2. The Labute approximate surface area is 92.1 Å². The molecule has 2 rings (SSSR count). The Kier molecular flexibility index (Phi) is 2.37. The van der Waals surface area contributed by atoms with Crippen molar-refractivity contribution in [2.45, 2.75) is 27.2 Å². The van der Waals surface area contributed by atoms with Crippen molar-refractivity contribution >= 4 is 11.4 Å². The van der Waals surface area contributed by atoms with Crippen LogP contribution in [0, 0.1) is 12.3 Å². The third-order valence-corrected chi connectivity index (χ3v) is 3.20. The van der Waals surface area contributed by atoms with Crippen molar-refractivity contribution in [1.82, 2.24) is 0 Å². The van der Waals surface area contributed by atoms with E-state index >= 15 is 0 Å². The third kappa shape index (κ3) is 2.09. The Morgan fingerprint density at radius 3 is 2.67 bits per heavy atom. The van der Waals surface area contributed by atoms with Gasteiger partial charge in [0.15, 0.2) is 0 Å². The summed E-state index contributed by atoms with van der Waals surface area (Å²) in [6.07, 6.45) is 1.25. The summed E-state index contributed by atoms with van der Waals surface area (Å²) < 4.78 is 0. The molecule has 0 amide bonds. The van der Waals surface area contributed by atoms with Gasteiger partial charge >= 0.3 is 0 Å². The summed E-state index contributed by atoms with van der Waals surface area (Å²) in [5, 5.41) is 0. The molecule has 82 valence electrons. The molecular weight excluding hydrogens is 184 g/mol. The Morgan fingerprint density at radius 1 is 1.33 bits per heavy atom. The first kappa shape index (κ1) is 10.3. The Hall–Kier alpha value is -1.18. The van der Waals surface area contributed by atoms with E-state index in [2.05, 4.69) is 37.8 Å². The Balaban J connectivity index is 2.27. The molecule has 0 unspecified atom stereocenters. The molecule has 1 aliphatic rings. The summed E-state index contributed by atoms with van der Waals surface area (Å²) in [6, 6.07) is 6.27. The number of nitrogen functional groups attached to an aromatic ring is 1. The van der Waals surface area contributed by atoms with E-state index in [9.17, 15) is 0 Å². The third-order valence-electron chi connectivity index (χ3n) is 3.20. The van der Waals surface area contributed by atoms with Gasteiger partial charge < -0.3 is 10.6 Å². The van der Waals surface area contributed by atoms with Crippen LogP contribution < -0.4 is 10.6 Å². The van der Waals surface area contributed by atoms with Crippen LogP contribution in [0.1, 0.15) is 25.8 Å². The predicted octanol–water partition coefficient (Wildman–Crippen LogP) is 2.81. The molecule has 0 radical (unpaired) electrons. The van der Waals surface area contributed by atoms with Crippen LogP contribution in [0.5, 0.6) is 0 Å². The van der Waals surface area contributed by atoms with Gasteiger partial charge in [-0.3, -0.25) is 0 Å². The lowest BCUT2D eigenvalue weighted by Gasteiger charge is -2.23. The molecule has 0 spiro atoms. The molecule has 0 aliphatic carbocycles. The lowest BCUT2D eigenvalue weighted by atomic mass is 9.93. The van der Waals surface area contributed by atoms with Gasteiger partial charge in [0.25, 0.3) is 0 Å². The maximum absolute atomic E-state index is 6.02. The topological polar surface area (TPSA) is 29.3 Å². The van der Waals surface area contributed by atoms with Crippen LogP contribution in [0.4, 0.5) is 11.4 Å². The van der Waals surface area contributed by atoms with Crippen LogP contribution in [-0.4, -0.2) is 13.1 Å². The first-order valence-electron chi connectivity index (χ1n) is 5.59. The van der Waals surface area contributed by atoms with Crippen LogP contribution in [0.15, 0.2) is 18.2 Å². The first-order chi connectivity index (χ1) is 6.98. The van der Waals surface area contributed by atoms with Crippen LogP contribution in [0.2, 0.25) is 0 Å². The zero-order valence-electron chi connectivity index (χ0n) is 9.88. The van der Waals surface area contributed by atoms with Crippen molar-refractivity contribution in [1.29, 1.82) is 0 Å². The average molecular weight is 204 g/mol. The van der Waals surface area contributed by atoms with E-state index in [-0.39, 0.29) is 0 Å². The van der Waals surface area contributed by atoms with Crippen molar-refractivity contribution in [3.05, 3.63) is 23.8 Å². The fraction of sp³-hybridized carbons (Fsp3) is 0.538. The van der Waals surface area contributed by atoms with E-state index < -0.39 is 0 Å². The van der Waals surface area contributed by atoms with Gasteiger partial charge in [0.1, 0.15) is 0 Å². The van der Waals surface area contributed by atoms with E-state index in [1.54, 1.807) is 0 Å². The lowest BCUT2D eigenvalue weighted by Crippen LogP contribution is -2.23. The standard InChI is InChI=1S/C13H20N2/c1-10-4-5-11(14)12(8-10)15-7-6-13(2,3)9-15/h4-5,8H,6-7,9,14H2,1-3H3. The summed E-state index contributed by atoms with van der Waals surface area (Å²) in [5.74, 6) is 0. The van der Waals surface area contributed by atoms with Crippen molar-refractivity contribution in [2.24, 2.45) is 5.41 Å². The van der Waals surface area contributed by atoms with Gasteiger partial charge in [0, 0.05) is 13.1 Å². The largest absolute Gasteiger partial charge is 0.397 e. The minimum Gasteiger partial charge on any atom is -0.397 e. The molecule has 0 saturated carbocycles. The summed E-state index contributed by atoms with van der Waals surface area (Å²) in [5.41, 5.74) is 9.83. The highest BCUT2D eigenvalue weighted by Gasteiger charge is 2.29. The smallest absolute Gasteiger partial charge is 0.0602 e. The van der Waals surface area contributed by atoms with Gasteiger partial charge in [-0.05, 0) is 36.5 Å².